The van der Waals surface area contributed by atoms with Gasteiger partial charge in [0.15, 0.2) is 0 Å². The summed E-state index contributed by atoms with van der Waals surface area (Å²) in [6.45, 7) is 5.84. The Kier molecular flexibility index (Phi) is 2.69. The molecule has 0 atom stereocenters. The summed E-state index contributed by atoms with van der Waals surface area (Å²) in [6, 6.07) is 0.779. The Balaban J connectivity index is 1.65. The zero-order chi connectivity index (χ0) is 11.0. The highest BCUT2D eigenvalue weighted by molar-refractivity contribution is 4.97. The lowest BCUT2D eigenvalue weighted by Crippen LogP contribution is -2.46. The average molecular weight is 220 g/mol. The van der Waals surface area contributed by atoms with Crippen molar-refractivity contribution in [2.75, 3.05) is 26.7 Å². The minimum atomic E-state index is 0.779. The first kappa shape index (κ1) is 10.3. The lowest BCUT2D eigenvalue weighted by molar-refractivity contribution is 0.0950. The van der Waals surface area contributed by atoms with E-state index in [1.54, 1.807) is 0 Å². The van der Waals surface area contributed by atoms with Crippen molar-refractivity contribution in [2.24, 2.45) is 0 Å². The molecule has 1 aromatic rings. The second kappa shape index (κ2) is 4.18. The summed E-state index contributed by atoms with van der Waals surface area (Å²) in [4.78, 5) is 9.48. The first-order valence-corrected chi connectivity index (χ1v) is 6.25. The number of nitrogens with zero attached hydrogens (tertiary/aromatic N) is 4. The van der Waals surface area contributed by atoms with Crippen LogP contribution < -0.4 is 0 Å². The van der Waals surface area contributed by atoms with Gasteiger partial charge >= 0.3 is 0 Å². The Morgan fingerprint density at radius 3 is 2.81 bits per heavy atom. The molecule has 1 fully saturated rings. The van der Waals surface area contributed by atoms with Gasteiger partial charge in [-0.2, -0.15) is 0 Å². The number of imidazole rings is 1. The maximum Gasteiger partial charge on any atom is 0.122 e. The van der Waals surface area contributed by atoms with Gasteiger partial charge in [-0.3, -0.25) is 4.90 Å². The van der Waals surface area contributed by atoms with Crippen LogP contribution in [0.1, 0.15) is 18.7 Å². The standard InChI is InChI=1S/C12H20N4/c1-14-5-2-11(3-6-14)16-9-8-15-7-4-13-12(15)10-16/h4,7,11H,2-3,5-6,8-10H2,1H3. The fourth-order valence-corrected chi connectivity index (χ4v) is 2.86. The van der Waals surface area contributed by atoms with Crippen LogP contribution in [0.25, 0.3) is 0 Å². The summed E-state index contributed by atoms with van der Waals surface area (Å²) in [5.74, 6) is 1.24. The van der Waals surface area contributed by atoms with Crippen molar-refractivity contribution < 1.29 is 0 Å². The molecule has 2 aliphatic heterocycles. The largest absolute Gasteiger partial charge is 0.333 e. The third-order valence-corrected chi connectivity index (χ3v) is 3.98. The molecule has 0 aliphatic carbocycles. The molecule has 16 heavy (non-hydrogen) atoms. The number of hydrogen-bond donors (Lipinski definition) is 0. The number of fused-ring (bicyclic) bond motifs is 1. The second-order valence-electron chi connectivity index (χ2n) is 5.04. The maximum atomic E-state index is 4.43. The highest BCUT2D eigenvalue weighted by Crippen LogP contribution is 2.20. The number of piperidine rings is 1. The molecule has 0 aromatic carbocycles. The van der Waals surface area contributed by atoms with E-state index < -0.39 is 0 Å². The Hall–Kier alpha value is -0.870. The zero-order valence-electron chi connectivity index (χ0n) is 9.97. The third-order valence-electron chi connectivity index (χ3n) is 3.98. The Labute approximate surface area is 96.9 Å². The fraction of sp³-hybridized carbons (Fsp3) is 0.750. The van der Waals surface area contributed by atoms with Gasteiger partial charge in [0.2, 0.25) is 0 Å². The molecular formula is C12H20N4. The molecule has 0 radical (unpaired) electrons. The van der Waals surface area contributed by atoms with Crippen LogP contribution in [0.5, 0.6) is 0 Å². The van der Waals surface area contributed by atoms with E-state index in [1.807, 2.05) is 6.20 Å². The van der Waals surface area contributed by atoms with Crippen LogP contribution in [0.4, 0.5) is 0 Å². The van der Waals surface area contributed by atoms with Crippen molar-refractivity contribution in [3.63, 3.8) is 0 Å². The summed E-state index contributed by atoms with van der Waals surface area (Å²) < 4.78 is 2.28. The zero-order valence-corrected chi connectivity index (χ0v) is 9.97. The summed E-state index contributed by atoms with van der Waals surface area (Å²) in [5.41, 5.74) is 0. The molecule has 3 heterocycles. The van der Waals surface area contributed by atoms with Gasteiger partial charge in [-0.1, -0.05) is 0 Å². The highest BCUT2D eigenvalue weighted by Gasteiger charge is 2.26. The Morgan fingerprint density at radius 1 is 1.19 bits per heavy atom. The number of rotatable bonds is 1. The minimum absolute atomic E-state index is 0.779. The molecule has 2 aliphatic rings. The van der Waals surface area contributed by atoms with Gasteiger partial charge in [-0.25, -0.2) is 4.98 Å². The van der Waals surface area contributed by atoms with Crippen molar-refractivity contribution in [2.45, 2.75) is 32.0 Å². The fourth-order valence-electron chi connectivity index (χ4n) is 2.86. The summed E-state index contributed by atoms with van der Waals surface area (Å²) >= 11 is 0. The minimum Gasteiger partial charge on any atom is -0.333 e. The topological polar surface area (TPSA) is 24.3 Å². The summed E-state index contributed by atoms with van der Waals surface area (Å²) in [6.07, 6.45) is 6.66. The van der Waals surface area contributed by atoms with E-state index in [0.717, 1.165) is 19.1 Å². The summed E-state index contributed by atoms with van der Waals surface area (Å²) in [7, 11) is 2.22. The van der Waals surface area contributed by atoms with E-state index >= 15 is 0 Å². The van der Waals surface area contributed by atoms with Gasteiger partial charge in [-0.05, 0) is 33.0 Å². The first-order valence-electron chi connectivity index (χ1n) is 6.25. The molecule has 0 spiro atoms. The van der Waals surface area contributed by atoms with Gasteiger partial charge in [-0.15, -0.1) is 0 Å². The smallest absolute Gasteiger partial charge is 0.122 e. The molecule has 0 bridgehead atoms. The van der Waals surface area contributed by atoms with Gasteiger partial charge in [0.25, 0.3) is 0 Å². The van der Waals surface area contributed by atoms with Crippen molar-refractivity contribution in [3.8, 4) is 0 Å². The van der Waals surface area contributed by atoms with E-state index in [9.17, 15) is 0 Å². The molecule has 1 aromatic heterocycles. The molecule has 4 heteroatoms. The maximum absolute atomic E-state index is 4.43. The molecule has 1 saturated heterocycles. The van der Waals surface area contributed by atoms with E-state index in [4.69, 9.17) is 0 Å². The number of aromatic nitrogens is 2. The Bertz CT molecular complexity index is 352. The van der Waals surface area contributed by atoms with Crippen molar-refractivity contribution in [1.82, 2.24) is 19.4 Å². The lowest BCUT2D eigenvalue weighted by atomic mass is 10.0. The average Bonchev–Trinajstić information content (AvgIpc) is 2.77. The van der Waals surface area contributed by atoms with E-state index in [-0.39, 0.29) is 0 Å². The van der Waals surface area contributed by atoms with Gasteiger partial charge in [0.05, 0.1) is 6.54 Å². The third kappa shape index (κ3) is 1.87. The van der Waals surface area contributed by atoms with Crippen molar-refractivity contribution in [3.05, 3.63) is 18.2 Å². The van der Waals surface area contributed by atoms with Gasteiger partial charge in [0.1, 0.15) is 5.82 Å². The van der Waals surface area contributed by atoms with Crippen LogP contribution in [0.3, 0.4) is 0 Å². The molecule has 0 N–H and O–H groups in total. The first-order chi connectivity index (χ1) is 7.83. The number of likely N-dealkylation sites (tertiary alicyclic amines) is 1. The molecule has 4 nitrogen and oxygen atoms in total. The van der Waals surface area contributed by atoms with E-state index in [0.29, 0.717) is 0 Å². The molecular weight excluding hydrogens is 200 g/mol. The van der Waals surface area contributed by atoms with Gasteiger partial charge in [0, 0.05) is 31.5 Å². The van der Waals surface area contributed by atoms with Crippen LogP contribution in [0, 0.1) is 0 Å². The van der Waals surface area contributed by atoms with E-state index in [2.05, 4.69) is 32.6 Å². The molecule has 0 saturated carbocycles. The van der Waals surface area contributed by atoms with Crippen molar-refractivity contribution >= 4 is 0 Å². The van der Waals surface area contributed by atoms with Crippen LogP contribution in [-0.2, 0) is 13.1 Å². The van der Waals surface area contributed by atoms with E-state index in [1.165, 1.54) is 38.3 Å². The quantitative estimate of drug-likeness (QED) is 0.699. The summed E-state index contributed by atoms with van der Waals surface area (Å²) in [5, 5.41) is 0. The van der Waals surface area contributed by atoms with Crippen LogP contribution in [0.15, 0.2) is 12.4 Å². The normalized spacial score (nSPS) is 24.6. The molecule has 3 rings (SSSR count). The molecule has 88 valence electrons. The lowest BCUT2D eigenvalue weighted by Gasteiger charge is -2.39. The predicted octanol–water partition coefficient (Wildman–Crippen LogP) is 0.793. The predicted molar refractivity (Wildman–Crippen MR) is 63.2 cm³/mol. The van der Waals surface area contributed by atoms with Crippen LogP contribution in [0.2, 0.25) is 0 Å². The van der Waals surface area contributed by atoms with Gasteiger partial charge < -0.3 is 9.47 Å². The van der Waals surface area contributed by atoms with Crippen LogP contribution >= 0.6 is 0 Å². The second-order valence-corrected chi connectivity index (χ2v) is 5.04. The highest BCUT2D eigenvalue weighted by atomic mass is 15.3. The molecule has 0 amide bonds. The van der Waals surface area contributed by atoms with Crippen LogP contribution in [-0.4, -0.2) is 52.1 Å². The SMILES string of the molecule is CN1CCC(N2CCn3ccnc3C2)CC1. The molecule has 0 unspecified atom stereocenters. The Morgan fingerprint density at radius 2 is 2.00 bits per heavy atom. The monoisotopic (exact) mass is 220 g/mol. The van der Waals surface area contributed by atoms with Crippen molar-refractivity contribution in [1.29, 1.82) is 0 Å². The number of hydrogen-bond acceptors (Lipinski definition) is 3.